The van der Waals surface area contributed by atoms with Gasteiger partial charge < -0.3 is 15.5 Å². The Morgan fingerprint density at radius 2 is 1.95 bits per heavy atom. The molecule has 4 nitrogen and oxygen atoms in total. The summed E-state index contributed by atoms with van der Waals surface area (Å²) in [5.74, 6) is 0.125. The highest BCUT2D eigenvalue weighted by molar-refractivity contribution is 5.81. The van der Waals surface area contributed by atoms with E-state index in [1.165, 1.54) is 25.7 Å². The van der Waals surface area contributed by atoms with Crippen molar-refractivity contribution in [2.45, 2.75) is 64.0 Å². The number of nitrogens with one attached hydrogen (secondary N) is 2. The van der Waals surface area contributed by atoms with Gasteiger partial charge in [0.2, 0.25) is 5.91 Å². The topological polar surface area (TPSA) is 44.4 Å². The van der Waals surface area contributed by atoms with Crippen molar-refractivity contribution in [1.29, 1.82) is 0 Å². The Balaban J connectivity index is 2.35. The minimum atomic E-state index is -0.103. The maximum atomic E-state index is 11.9. The molecule has 0 heterocycles. The van der Waals surface area contributed by atoms with Gasteiger partial charge in [-0.3, -0.25) is 4.79 Å². The van der Waals surface area contributed by atoms with E-state index >= 15 is 0 Å². The molecule has 19 heavy (non-hydrogen) atoms. The van der Waals surface area contributed by atoms with Gasteiger partial charge in [0.1, 0.15) is 0 Å². The van der Waals surface area contributed by atoms with Gasteiger partial charge in [-0.2, -0.15) is 0 Å². The second-order valence-electron chi connectivity index (χ2n) is 6.07. The number of carbonyl (C=O) groups excluding carboxylic acids is 1. The van der Waals surface area contributed by atoms with Gasteiger partial charge in [-0.15, -0.1) is 0 Å². The van der Waals surface area contributed by atoms with Crippen LogP contribution in [0.5, 0.6) is 0 Å². The molecule has 1 rings (SSSR count). The summed E-state index contributed by atoms with van der Waals surface area (Å²) in [6, 6.07) is -0.103. The van der Waals surface area contributed by atoms with Crippen LogP contribution in [0.25, 0.3) is 0 Å². The molecule has 0 bridgehead atoms. The first-order valence-electron chi connectivity index (χ1n) is 7.70. The first-order valence-corrected chi connectivity index (χ1v) is 7.70. The summed E-state index contributed by atoms with van der Waals surface area (Å²) < 4.78 is 0. The zero-order valence-electron chi connectivity index (χ0n) is 13.1. The molecule has 1 amide bonds. The molecule has 1 aliphatic carbocycles. The van der Waals surface area contributed by atoms with E-state index in [1.54, 1.807) is 0 Å². The molecule has 112 valence electrons. The lowest BCUT2D eigenvalue weighted by molar-refractivity contribution is -0.122. The molecule has 1 atom stereocenters. The number of likely N-dealkylation sites (N-methyl/N-ethyl adjacent to an activating group) is 1. The van der Waals surface area contributed by atoms with E-state index in [2.05, 4.69) is 36.6 Å². The first kappa shape index (κ1) is 16.4. The van der Waals surface area contributed by atoms with Crippen LogP contribution < -0.4 is 10.6 Å². The zero-order chi connectivity index (χ0) is 14.3. The van der Waals surface area contributed by atoms with Gasteiger partial charge in [0.15, 0.2) is 0 Å². The lowest BCUT2D eigenvalue weighted by Crippen LogP contribution is -2.53. The van der Waals surface area contributed by atoms with Crippen LogP contribution in [0.4, 0.5) is 0 Å². The van der Waals surface area contributed by atoms with Crippen molar-refractivity contribution in [3.63, 3.8) is 0 Å². The lowest BCUT2D eigenvalue weighted by atomic mass is 9.95. The van der Waals surface area contributed by atoms with E-state index in [9.17, 15) is 4.79 Å². The Morgan fingerprint density at radius 3 is 2.47 bits per heavy atom. The molecule has 0 aromatic rings. The van der Waals surface area contributed by atoms with Crippen molar-refractivity contribution in [3.05, 3.63) is 0 Å². The summed E-state index contributed by atoms with van der Waals surface area (Å²) in [5.41, 5.74) is 0.248. The van der Waals surface area contributed by atoms with Crippen molar-refractivity contribution >= 4 is 5.91 Å². The highest BCUT2D eigenvalue weighted by Gasteiger charge is 2.36. The van der Waals surface area contributed by atoms with Crippen molar-refractivity contribution in [3.8, 4) is 0 Å². The smallest absolute Gasteiger partial charge is 0.236 e. The van der Waals surface area contributed by atoms with Gasteiger partial charge in [0, 0.05) is 18.6 Å². The molecule has 1 aliphatic rings. The van der Waals surface area contributed by atoms with Crippen LogP contribution in [0.3, 0.4) is 0 Å². The van der Waals surface area contributed by atoms with E-state index in [-0.39, 0.29) is 17.5 Å². The van der Waals surface area contributed by atoms with Crippen LogP contribution in [0.2, 0.25) is 0 Å². The summed E-state index contributed by atoms with van der Waals surface area (Å²) in [6.07, 6.45) is 7.24. The summed E-state index contributed by atoms with van der Waals surface area (Å²) in [7, 11) is 4.30. The van der Waals surface area contributed by atoms with Crippen molar-refractivity contribution < 1.29 is 4.79 Å². The molecule has 0 saturated heterocycles. The predicted octanol–water partition coefficient (Wildman–Crippen LogP) is 1.76. The predicted molar refractivity (Wildman–Crippen MR) is 80.3 cm³/mol. The fraction of sp³-hybridized carbons (Fsp3) is 0.933. The number of nitrogens with zero attached hydrogens (tertiary/aromatic N) is 1. The van der Waals surface area contributed by atoms with E-state index in [1.807, 2.05) is 6.92 Å². The Hall–Kier alpha value is -0.610. The monoisotopic (exact) mass is 269 g/mol. The van der Waals surface area contributed by atoms with Gasteiger partial charge in [0.25, 0.3) is 0 Å². The van der Waals surface area contributed by atoms with Gasteiger partial charge in [-0.1, -0.05) is 26.2 Å². The number of amides is 1. The molecule has 0 radical (unpaired) electrons. The van der Waals surface area contributed by atoms with Crippen molar-refractivity contribution in [2.75, 3.05) is 27.2 Å². The van der Waals surface area contributed by atoms with Crippen LogP contribution in [0.1, 0.15) is 52.4 Å². The molecule has 1 saturated carbocycles. The second kappa shape index (κ2) is 7.85. The molecule has 0 spiro atoms. The maximum Gasteiger partial charge on any atom is 0.236 e. The van der Waals surface area contributed by atoms with Crippen LogP contribution in [-0.4, -0.2) is 49.6 Å². The highest BCUT2D eigenvalue weighted by atomic mass is 16.2. The molecule has 1 unspecified atom stereocenters. The normalized spacial score (nSPS) is 19.6. The molecule has 0 aliphatic heterocycles. The summed E-state index contributed by atoms with van der Waals surface area (Å²) in [6.45, 7) is 5.79. The average Bonchev–Trinajstić information content (AvgIpc) is 2.86. The molecule has 4 heteroatoms. The van der Waals surface area contributed by atoms with Gasteiger partial charge >= 0.3 is 0 Å². The third kappa shape index (κ3) is 4.77. The van der Waals surface area contributed by atoms with Crippen LogP contribution in [-0.2, 0) is 4.79 Å². The lowest BCUT2D eigenvalue weighted by Gasteiger charge is -2.37. The molecule has 0 aromatic carbocycles. The second-order valence-corrected chi connectivity index (χ2v) is 6.07. The average molecular weight is 269 g/mol. The summed E-state index contributed by atoms with van der Waals surface area (Å²) in [5, 5.41) is 6.41. The van der Waals surface area contributed by atoms with Gasteiger partial charge in [-0.25, -0.2) is 0 Å². The molecule has 2 N–H and O–H groups in total. The van der Waals surface area contributed by atoms with Gasteiger partial charge in [-0.05, 0) is 40.3 Å². The Morgan fingerprint density at radius 1 is 1.32 bits per heavy atom. The summed E-state index contributed by atoms with van der Waals surface area (Å²) >= 11 is 0. The SMILES string of the molecule is CCCCNC(=O)C(C)NCC1(N(C)C)CCCC1. The van der Waals surface area contributed by atoms with E-state index < -0.39 is 0 Å². The van der Waals surface area contributed by atoms with Crippen LogP contribution in [0.15, 0.2) is 0 Å². The molecule has 0 aromatic heterocycles. The quantitative estimate of drug-likeness (QED) is 0.660. The van der Waals surface area contributed by atoms with E-state index in [0.717, 1.165) is 25.9 Å². The highest BCUT2D eigenvalue weighted by Crippen LogP contribution is 2.33. The van der Waals surface area contributed by atoms with E-state index in [4.69, 9.17) is 0 Å². The fourth-order valence-electron chi connectivity index (χ4n) is 2.79. The van der Waals surface area contributed by atoms with Crippen LogP contribution >= 0.6 is 0 Å². The largest absolute Gasteiger partial charge is 0.355 e. The standard InChI is InChI=1S/C15H31N3O/c1-5-6-11-16-14(19)13(2)17-12-15(18(3)4)9-7-8-10-15/h13,17H,5-12H2,1-4H3,(H,16,19). The molecular weight excluding hydrogens is 238 g/mol. The number of hydrogen-bond donors (Lipinski definition) is 2. The van der Waals surface area contributed by atoms with Crippen LogP contribution in [0, 0.1) is 0 Å². The number of rotatable bonds is 8. The fourth-order valence-corrected chi connectivity index (χ4v) is 2.79. The number of hydrogen-bond acceptors (Lipinski definition) is 3. The van der Waals surface area contributed by atoms with Crippen molar-refractivity contribution in [1.82, 2.24) is 15.5 Å². The minimum Gasteiger partial charge on any atom is -0.355 e. The van der Waals surface area contributed by atoms with E-state index in [0.29, 0.717) is 0 Å². The molecular formula is C15H31N3O. The minimum absolute atomic E-state index is 0.103. The van der Waals surface area contributed by atoms with Gasteiger partial charge in [0.05, 0.1) is 6.04 Å². The Bertz CT molecular complexity index is 273. The Labute approximate surface area is 118 Å². The zero-order valence-corrected chi connectivity index (χ0v) is 13.1. The first-order chi connectivity index (χ1) is 9.02. The molecule has 1 fully saturated rings. The Kier molecular flexibility index (Phi) is 6.80. The van der Waals surface area contributed by atoms with Crippen molar-refractivity contribution in [2.24, 2.45) is 0 Å². The summed E-state index contributed by atoms with van der Waals surface area (Å²) in [4.78, 5) is 14.2. The third-order valence-corrected chi connectivity index (χ3v) is 4.44. The number of carbonyl (C=O) groups is 1. The maximum absolute atomic E-state index is 11.9. The number of unbranched alkanes of at least 4 members (excludes halogenated alkanes) is 1. The third-order valence-electron chi connectivity index (χ3n) is 4.44.